The number of hydrogen-bond donors (Lipinski definition) is 1. The molecule has 1 saturated heterocycles. The van der Waals surface area contributed by atoms with E-state index < -0.39 is 0 Å². The third-order valence-corrected chi connectivity index (χ3v) is 6.15. The van der Waals surface area contributed by atoms with Gasteiger partial charge in [-0.3, -0.25) is 14.0 Å². The molecule has 3 aromatic rings. The maximum absolute atomic E-state index is 14.0. The van der Waals surface area contributed by atoms with Gasteiger partial charge in [-0.25, -0.2) is 4.39 Å². The summed E-state index contributed by atoms with van der Waals surface area (Å²) in [6.07, 6.45) is 0. The summed E-state index contributed by atoms with van der Waals surface area (Å²) in [6, 6.07) is 8.14. The number of carbonyl (C=O) groups excluding carboxylic acids is 1. The monoisotopic (exact) mass is 473 g/mol. The van der Waals surface area contributed by atoms with E-state index >= 15 is 0 Å². The van der Waals surface area contributed by atoms with Gasteiger partial charge in [-0.05, 0) is 18.2 Å². The van der Waals surface area contributed by atoms with Crippen LogP contribution in [0.3, 0.4) is 0 Å². The maximum atomic E-state index is 14.0. The molecule has 1 aliphatic rings. The van der Waals surface area contributed by atoms with Gasteiger partial charge >= 0.3 is 0 Å². The number of nitrogens with zero attached hydrogens (tertiary/aromatic N) is 6. The molecule has 0 atom stereocenters. The average Bonchev–Trinajstić information content (AvgIpc) is 3.36. The number of ether oxygens (including phenoxy) is 1. The minimum atomic E-state index is -0.353. The molecule has 1 aromatic carbocycles. The lowest BCUT2D eigenvalue weighted by atomic mass is 9.92. The molecule has 1 fully saturated rings. The molecule has 1 amide bonds. The number of carbonyl (C=O) groups is 1. The van der Waals surface area contributed by atoms with Gasteiger partial charge in [-0.1, -0.05) is 38.6 Å². The lowest BCUT2D eigenvalue weighted by molar-refractivity contribution is -0.113. The van der Waals surface area contributed by atoms with E-state index in [0.29, 0.717) is 48.9 Å². The average molecular weight is 474 g/mol. The van der Waals surface area contributed by atoms with Crippen LogP contribution in [0.2, 0.25) is 0 Å². The highest BCUT2D eigenvalue weighted by Crippen LogP contribution is 2.28. The van der Waals surface area contributed by atoms with Gasteiger partial charge in [-0.2, -0.15) is 5.10 Å². The first-order valence-corrected chi connectivity index (χ1v) is 11.7. The van der Waals surface area contributed by atoms with Crippen molar-refractivity contribution in [3.63, 3.8) is 0 Å². The van der Waals surface area contributed by atoms with Gasteiger partial charge in [-0.15, -0.1) is 10.2 Å². The van der Waals surface area contributed by atoms with E-state index in [4.69, 9.17) is 4.74 Å². The fraction of sp³-hybridized carbons (Fsp3) is 0.455. The molecule has 176 valence electrons. The van der Waals surface area contributed by atoms with E-state index in [1.165, 1.54) is 23.9 Å². The second kappa shape index (κ2) is 9.52. The fourth-order valence-corrected chi connectivity index (χ4v) is 4.17. The van der Waals surface area contributed by atoms with E-state index in [-0.39, 0.29) is 22.9 Å². The molecule has 0 spiro atoms. The third-order valence-electron chi connectivity index (χ3n) is 5.22. The Hall–Kier alpha value is -2.92. The number of nitrogens with one attached hydrogen (secondary N) is 1. The number of aromatic nitrogens is 5. The number of thioether (sulfide) groups is 1. The molecule has 0 bridgehead atoms. The zero-order valence-electron chi connectivity index (χ0n) is 19.2. The number of aryl methyl sites for hydroxylation is 1. The molecule has 3 heterocycles. The molecule has 9 nitrogen and oxygen atoms in total. The largest absolute Gasteiger partial charge is 0.378 e. The van der Waals surface area contributed by atoms with Crippen LogP contribution in [0.5, 0.6) is 0 Å². The van der Waals surface area contributed by atoms with Gasteiger partial charge in [0.05, 0.1) is 30.3 Å². The molecular formula is C22H28FN7O2S. The summed E-state index contributed by atoms with van der Waals surface area (Å²) in [4.78, 5) is 14.7. The number of amides is 1. The first-order chi connectivity index (χ1) is 15.7. The Bertz CT molecular complexity index is 1130. The van der Waals surface area contributed by atoms with Crippen LogP contribution in [0, 0.1) is 5.82 Å². The highest BCUT2D eigenvalue weighted by molar-refractivity contribution is 7.99. The predicted molar refractivity (Wildman–Crippen MR) is 126 cm³/mol. The minimum Gasteiger partial charge on any atom is -0.378 e. The topological polar surface area (TPSA) is 90.1 Å². The van der Waals surface area contributed by atoms with Gasteiger partial charge in [0.15, 0.2) is 5.16 Å². The molecule has 0 radical (unpaired) electrons. The summed E-state index contributed by atoms with van der Waals surface area (Å²) < 4.78 is 22.9. The van der Waals surface area contributed by atoms with Gasteiger partial charge < -0.3 is 15.0 Å². The molecule has 1 N–H and O–H groups in total. The second-order valence-electron chi connectivity index (χ2n) is 8.82. The Labute approximate surface area is 196 Å². The van der Waals surface area contributed by atoms with Gasteiger partial charge in [0.1, 0.15) is 11.6 Å². The van der Waals surface area contributed by atoms with Crippen molar-refractivity contribution in [2.75, 3.05) is 42.3 Å². The number of morpholine rings is 1. The first kappa shape index (κ1) is 23.2. The van der Waals surface area contributed by atoms with Crippen LogP contribution in [0.4, 0.5) is 16.2 Å². The Morgan fingerprint density at radius 1 is 1.21 bits per heavy atom. The van der Waals surface area contributed by atoms with Crippen molar-refractivity contribution in [3.8, 4) is 5.69 Å². The van der Waals surface area contributed by atoms with E-state index in [1.807, 2.05) is 6.07 Å². The van der Waals surface area contributed by atoms with Crippen molar-refractivity contribution >= 4 is 29.4 Å². The first-order valence-electron chi connectivity index (χ1n) is 10.7. The summed E-state index contributed by atoms with van der Waals surface area (Å²) in [5.41, 5.74) is 1.38. The number of hydrogen-bond acceptors (Lipinski definition) is 7. The SMILES string of the molecule is Cn1nc(C(C)(C)C)cc1NC(=O)CSc1nnc(N2CCOCC2)n1-c1cccc(F)c1. The molecule has 33 heavy (non-hydrogen) atoms. The van der Waals surface area contributed by atoms with Crippen molar-refractivity contribution < 1.29 is 13.9 Å². The molecule has 0 unspecified atom stereocenters. The highest BCUT2D eigenvalue weighted by Gasteiger charge is 2.23. The van der Waals surface area contributed by atoms with Crippen molar-refractivity contribution in [1.29, 1.82) is 0 Å². The maximum Gasteiger partial charge on any atom is 0.235 e. The van der Waals surface area contributed by atoms with E-state index in [0.717, 1.165) is 5.69 Å². The van der Waals surface area contributed by atoms with Gasteiger partial charge in [0, 0.05) is 31.6 Å². The van der Waals surface area contributed by atoms with Crippen LogP contribution >= 0.6 is 11.8 Å². The predicted octanol–water partition coefficient (Wildman–Crippen LogP) is 3.00. The molecular weight excluding hydrogens is 445 g/mol. The van der Waals surface area contributed by atoms with Crippen molar-refractivity contribution in [2.45, 2.75) is 31.3 Å². The van der Waals surface area contributed by atoms with Gasteiger partial charge in [0.2, 0.25) is 11.9 Å². The van der Waals surface area contributed by atoms with E-state index in [9.17, 15) is 9.18 Å². The van der Waals surface area contributed by atoms with Crippen LogP contribution in [0.1, 0.15) is 26.5 Å². The van der Waals surface area contributed by atoms with Crippen LogP contribution in [-0.2, 0) is 22.0 Å². The van der Waals surface area contributed by atoms with Crippen LogP contribution in [0.25, 0.3) is 5.69 Å². The molecule has 0 aliphatic carbocycles. The smallest absolute Gasteiger partial charge is 0.235 e. The Kier molecular flexibility index (Phi) is 6.71. The zero-order valence-corrected chi connectivity index (χ0v) is 20.0. The van der Waals surface area contributed by atoms with Crippen LogP contribution in [0.15, 0.2) is 35.5 Å². The van der Waals surface area contributed by atoms with E-state index in [2.05, 4.69) is 46.3 Å². The third kappa shape index (κ3) is 5.36. The quantitative estimate of drug-likeness (QED) is 0.551. The number of halogens is 1. The van der Waals surface area contributed by atoms with Crippen molar-refractivity contribution in [1.82, 2.24) is 24.5 Å². The standard InChI is InChI=1S/C22H28FN7O2S/c1-22(2,3)17-13-18(28(4)27-17)24-19(31)14-33-21-26-25-20(29-8-10-32-11-9-29)30(21)16-7-5-6-15(23)12-16/h5-7,12-13H,8-11,14H2,1-4H3,(H,24,31). The summed E-state index contributed by atoms with van der Waals surface area (Å²) in [5.74, 6) is 0.810. The Morgan fingerprint density at radius 3 is 2.64 bits per heavy atom. The van der Waals surface area contributed by atoms with E-state index in [1.54, 1.807) is 28.4 Å². The second-order valence-corrected chi connectivity index (χ2v) is 9.77. The lowest BCUT2D eigenvalue weighted by Crippen LogP contribution is -2.37. The Morgan fingerprint density at radius 2 is 1.97 bits per heavy atom. The zero-order chi connectivity index (χ0) is 23.6. The van der Waals surface area contributed by atoms with Crippen molar-refractivity contribution in [2.24, 2.45) is 7.05 Å². The lowest BCUT2D eigenvalue weighted by Gasteiger charge is -2.27. The molecule has 11 heteroatoms. The summed E-state index contributed by atoms with van der Waals surface area (Å²) in [5, 5.41) is 16.6. The van der Waals surface area contributed by atoms with Crippen LogP contribution < -0.4 is 10.2 Å². The van der Waals surface area contributed by atoms with Crippen LogP contribution in [-0.4, -0.2) is 62.5 Å². The number of benzene rings is 1. The van der Waals surface area contributed by atoms with Gasteiger partial charge in [0.25, 0.3) is 0 Å². The molecule has 0 saturated carbocycles. The summed E-state index contributed by atoms with van der Waals surface area (Å²) in [7, 11) is 1.80. The summed E-state index contributed by atoms with van der Waals surface area (Å²) in [6.45, 7) is 8.71. The minimum absolute atomic E-state index is 0.118. The Balaban J connectivity index is 1.53. The summed E-state index contributed by atoms with van der Waals surface area (Å²) >= 11 is 1.25. The number of rotatable bonds is 6. The highest BCUT2D eigenvalue weighted by atomic mass is 32.2. The molecule has 2 aromatic heterocycles. The molecule has 1 aliphatic heterocycles. The van der Waals surface area contributed by atoms with Crippen molar-refractivity contribution in [3.05, 3.63) is 41.8 Å². The number of anilines is 2. The molecule has 4 rings (SSSR count). The fourth-order valence-electron chi connectivity index (χ4n) is 3.42. The normalized spacial score (nSPS) is 14.5.